The molecular formula is C14H22N4S. The lowest BCUT2D eigenvalue weighted by atomic mass is 10.1. The number of hydrogen-bond donors (Lipinski definition) is 1. The van der Waals surface area contributed by atoms with Crippen molar-refractivity contribution in [3.05, 3.63) is 33.0 Å². The molecule has 0 radical (unpaired) electrons. The smallest absolute Gasteiger partial charge is 0.0950 e. The van der Waals surface area contributed by atoms with Crippen LogP contribution in [0.15, 0.2) is 6.07 Å². The molecule has 0 aliphatic rings. The molecule has 1 unspecified atom stereocenters. The molecule has 0 fully saturated rings. The van der Waals surface area contributed by atoms with Crippen LogP contribution < -0.4 is 5.32 Å². The standard InChI is InChI=1S/C14H22N4S/c1-6-18-13(7-9(2)17-18)12(15-5)8-14-16-10(3)11(4)19-14/h7,12,15H,6,8H2,1-5H3. The van der Waals surface area contributed by atoms with Crippen molar-refractivity contribution >= 4 is 11.3 Å². The van der Waals surface area contributed by atoms with Crippen LogP contribution in [0.5, 0.6) is 0 Å². The van der Waals surface area contributed by atoms with E-state index >= 15 is 0 Å². The van der Waals surface area contributed by atoms with Crippen LogP contribution in [0.25, 0.3) is 0 Å². The monoisotopic (exact) mass is 278 g/mol. The Morgan fingerprint density at radius 3 is 2.63 bits per heavy atom. The van der Waals surface area contributed by atoms with Gasteiger partial charge >= 0.3 is 0 Å². The zero-order chi connectivity index (χ0) is 14.0. The minimum Gasteiger partial charge on any atom is -0.311 e. The van der Waals surface area contributed by atoms with Crippen LogP contribution in [-0.2, 0) is 13.0 Å². The summed E-state index contributed by atoms with van der Waals surface area (Å²) in [6.07, 6.45) is 0.918. The van der Waals surface area contributed by atoms with Crippen molar-refractivity contribution in [1.82, 2.24) is 20.1 Å². The van der Waals surface area contributed by atoms with E-state index in [1.165, 1.54) is 15.6 Å². The highest BCUT2D eigenvalue weighted by molar-refractivity contribution is 7.11. The maximum atomic E-state index is 4.63. The molecule has 0 saturated carbocycles. The summed E-state index contributed by atoms with van der Waals surface area (Å²) in [5.74, 6) is 0. The number of aryl methyl sites for hydroxylation is 4. The first-order valence-electron chi connectivity index (χ1n) is 6.69. The van der Waals surface area contributed by atoms with E-state index < -0.39 is 0 Å². The summed E-state index contributed by atoms with van der Waals surface area (Å²) in [6, 6.07) is 2.43. The second-order valence-corrected chi connectivity index (χ2v) is 6.11. The molecule has 1 atom stereocenters. The highest BCUT2D eigenvalue weighted by atomic mass is 32.1. The van der Waals surface area contributed by atoms with Crippen molar-refractivity contribution in [2.45, 2.75) is 46.7 Å². The molecule has 2 aromatic heterocycles. The van der Waals surface area contributed by atoms with Gasteiger partial charge in [0.15, 0.2) is 0 Å². The van der Waals surface area contributed by atoms with Crippen molar-refractivity contribution in [1.29, 1.82) is 0 Å². The van der Waals surface area contributed by atoms with Crippen LogP contribution in [0.4, 0.5) is 0 Å². The van der Waals surface area contributed by atoms with Gasteiger partial charge in [-0.15, -0.1) is 11.3 Å². The van der Waals surface area contributed by atoms with Gasteiger partial charge in [0.1, 0.15) is 0 Å². The zero-order valence-corrected chi connectivity index (χ0v) is 13.1. The van der Waals surface area contributed by atoms with E-state index in [1.807, 2.05) is 14.0 Å². The molecule has 0 bridgehead atoms. The van der Waals surface area contributed by atoms with E-state index in [-0.39, 0.29) is 6.04 Å². The van der Waals surface area contributed by atoms with Crippen LogP contribution in [0.3, 0.4) is 0 Å². The van der Waals surface area contributed by atoms with E-state index in [0.29, 0.717) is 0 Å². The van der Waals surface area contributed by atoms with Crippen LogP contribution in [0.1, 0.15) is 39.9 Å². The molecule has 1 N–H and O–H groups in total. The highest BCUT2D eigenvalue weighted by Gasteiger charge is 2.18. The Balaban J connectivity index is 2.24. The summed E-state index contributed by atoms with van der Waals surface area (Å²) in [6.45, 7) is 9.27. The van der Waals surface area contributed by atoms with Crippen molar-refractivity contribution in [3.8, 4) is 0 Å². The van der Waals surface area contributed by atoms with E-state index in [1.54, 1.807) is 11.3 Å². The Hall–Kier alpha value is -1.20. The number of hydrogen-bond acceptors (Lipinski definition) is 4. The fourth-order valence-electron chi connectivity index (χ4n) is 2.25. The number of nitrogens with zero attached hydrogens (tertiary/aromatic N) is 3. The van der Waals surface area contributed by atoms with Gasteiger partial charge in [0, 0.05) is 17.8 Å². The lowest BCUT2D eigenvalue weighted by molar-refractivity contribution is 0.512. The third-order valence-corrected chi connectivity index (χ3v) is 4.49. The fourth-order valence-corrected chi connectivity index (χ4v) is 3.23. The molecule has 0 aliphatic heterocycles. The maximum absolute atomic E-state index is 4.63. The lowest BCUT2D eigenvalue weighted by Gasteiger charge is -2.16. The van der Waals surface area contributed by atoms with E-state index in [2.05, 4.69) is 46.9 Å². The molecule has 2 rings (SSSR count). The Labute approximate surface area is 118 Å². The van der Waals surface area contributed by atoms with Crippen molar-refractivity contribution < 1.29 is 0 Å². The van der Waals surface area contributed by atoms with E-state index in [9.17, 15) is 0 Å². The third-order valence-electron chi connectivity index (χ3n) is 3.39. The van der Waals surface area contributed by atoms with Crippen LogP contribution in [0, 0.1) is 20.8 Å². The summed E-state index contributed by atoms with van der Waals surface area (Å²) in [5, 5.41) is 9.10. The van der Waals surface area contributed by atoms with Gasteiger partial charge in [-0.3, -0.25) is 4.68 Å². The summed E-state index contributed by atoms with van der Waals surface area (Å²) < 4.78 is 2.07. The molecule has 2 aromatic rings. The van der Waals surface area contributed by atoms with Gasteiger partial charge < -0.3 is 5.32 Å². The first-order valence-corrected chi connectivity index (χ1v) is 7.51. The second kappa shape index (κ2) is 5.84. The van der Waals surface area contributed by atoms with Gasteiger partial charge in [-0.05, 0) is 40.8 Å². The molecule has 0 aliphatic carbocycles. The topological polar surface area (TPSA) is 42.7 Å². The number of rotatable bonds is 5. The quantitative estimate of drug-likeness (QED) is 0.914. The van der Waals surface area contributed by atoms with Crippen molar-refractivity contribution in [2.75, 3.05) is 7.05 Å². The largest absolute Gasteiger partial charge is 0.311 e. The van der Waals surface area contributed by atoms with Crippen LogP contribution in [-0.4, -0.2) is 21.8 Å². The minimum atomic E-state index is 0.270. The average Bonchev–Trinajstić information content (AvgIpc) is 2.90. The molecule has 0 spiro atoms. The number of aromatic nitrogens is 3. The molecule has 5 heteroatoms. The number of likely N-dealkylation sites (N-methyl/N-ethyl adjacent to an activating group) is 1. The second-order valence-electron chi connectivity index (χ2n) is 4.82. The van der Waals surface area contributed by atoms with Gasteiger partial charge in [0.2, 0.25) is 0 Å². The van der Waals surface area contributed by atoms with Gasteiger partial charge in [-0.1, -0.05) is 0 Å². The summed E-state index contributed by atoms with van der Waals surface area (Å²) >= 11 is 1.79. The highest BCUT2D eigenvalue weighted by Crippen LogP contribution is 2.24. The Kier molecular flexibility index (Phi) is 4.37. The van der Waals surface area contributed by atoms with Crippen LogP contribution in [0.2, 0.25) is 0 Å². The first kappa shape index (κ1) is 14.2. The summed E-state index contributed by atoms with van der Waals surface area (Å²) in [4.78, 5) is 5.94. The molecule has 2 heterocycles. The molecule has 0 saturated heterocycles. The predicted octanol–water partition coefficient (Wildman–Crippen LogP) is 2.79. The molecule has 19 heavy (non-hydrogen) atoms. The Morgan fingerprint density at radius 1 is 1.37 bits per heavy atom. The average molecular weight is 278 g/mol. The normalized spacial score (nSPS) is 12.9. The SMILES string of the molecule is CCn1nc(C)cc1C(Cc1nc(C)c(C)s1)NC. The maximum Gasteiger partial charge on any atom is 0.0950 e. The molecule has 0 amide bonds. The van der Waals surface area contributed by atoms with Gasteiger partial charge in [0.25, 0.3) is 0 Å². The van der Waals surface area contributed by atoms with E-state index in [0.717, 1.165) is 24.4 Å². The third kappa shape index (κ3) is 3.04. The van der Waals surface area contributed by atoms with Crippen LogP contribution >= 0.6 is 11.3 Å². The van der Waals surface area contributed by atoms with Gasteiger partial charge in [-0.2, -0.15) is 5.10 Å². The molecule has 4 nitrogen and oxygen atoms in total. The van der Waals surface area contributed by atoms with Crippen molar-refractivity contribution in [3.63, 3.8) is 0 Å². The number of thiazole rings is 1. The molecule has 0 aromatic carbocycles. The minimum absolute atomic E-state index is 0.270. The summed E-state index contributed by atoms with van der Waals surface area (Å²) in [5.41, 5.74) is 3.46. The Bertz CT molecular complexity index is 536. The predicted molar refractivity (Wildman–Crippen MR) is 79.7 cm³/mol. The van der Waals surface area contributed by atoms with E-state index in [4.69, 9.17) is 0 Å². The van der Waals surface area contributed by atoms with Gasteiger partial charge in [0.05, 0.1) is 28.1 Å². The fraction of sp³-hybridized carbons (Fsp3) is 0.571. The van der Waals surface area contributed by atoms with Crippen molar-refractivity contribution in [2.24, 2.45) is 0 Å². The Morgan fingerprint density at radius 2 is 2.11 bits per heavy atom. The number of nitrogens with one attached hydrogen (secondary N) is 1. The van der Waals surface area contributed by atoms with Gasteiger partial charge in [-0.25, -0.2) is 4.98 Å². The lowest BCUT2D eigenvalue weighted by Crippen LogP contribution is -2.22. The zero-order valence-electron chi connectivity index (χ0n) is 12.3. The summed E-state index contributed by atoms with van der Waals surface area (Å²) in [7, 11) is 2.00. The first-order chi connectivity index (χ1) is 9.05. The molecular weight excluding hydrogens is 256 g/mol. The molecule has 104 valence electrons.